The molecule has 1 aromatic heterocycles. The van der Waals surface area contributed by atoms with Gasteiger partial charge in [-0.1, -0.05) is 31.0 Å². The maximum atomic E-state index is 12.2. The number of esters is 1. The van der Waals surface area contributed by atoms with Gasteiger partial charge in [-0.2, -0.15) is 0 Å². The maximum Gasteiger partial charge on any atom is 0.339 e. The number of aromatic amines is 1. The molecule has 0 spiro atoms. The zero-order chi connectivity index (χ0) is 18.5. The van der Waals surface area contributed by atoms with Crippen molar-refractivity contribution in [2.24, 2.45) is 0 Å². The number of para-hydroxylation sites is 1. The first kappa shape index (κ1) is 17.7. The number of urea groups is 1. The van der Waals surface area contributed by atoms with Crippen molar-refractivity contribution in [2.45, 2.75) is 31.7 Å². The van der Waals surface area contributed by atoms with Crippen LogP contribution in [0.1, 0.15) is 36.0 Å². The Balaban J connectivity index is 1.57. The highest BCUT2D eigenvalue weighted by Gasteiger charge is 2.19. The van der Waals surface area contributed by atoms with E-state index in [-0.39, 0.29) is 11.6 Å². The standard InChI is InChI=1S/C18H19N3O5/c22-15-9-13(12-7-3-4-8-14(12)20-15)17(24)26-10-16(23)21-18(25)19-11-5-1-2-6-11/h3-4,7-9,11H,1-2,5-6,10H2,(H,20,22)(H2,19,21,23,25). The number of benzene rings is 1. The van der Waals surface area contributed by atoms with Crippen LogP contribution >= 0.6 is 0 Å². The van der Waals surface area contributed by atoms with Crippen LogP contribution in [0.25, 0.3) is 10.9 Å². The molecule has 8 nitrogen and oxygen atoms in total. The molecule has 1 aliphatic carbocycles. The minimum Gasteiger partial charge on any atom is -0.452 e. The minimum atomic E-state index is -0.807. The Labute approximate surface area is 148 Å². The van der Waals surface area contributed by atoms with E-state index in [9.17, 15) is 19.2 Å². The topological polar surface area (TPSA) is 117 Å². The van der Waals surface area contributed by atoms with Crippen LogP contribution in [-0.2, 0) is 9.53 Å². The van der Waals surface area contributed by atoms with Crippen LogP contribution in [0.2, 0.25) is 0 Å². The summed E-state index contributed by atoms with van der Waals surface area (Å²) in [5.41, 5.74) is 0.107. The average Bonchev–Trinajstić information content (AvgIpc) is 3.11. The number of rotatable bonds is 4. The number of hydrogen-bond donors (Lipinski definition) is 3. The molecule has 0 aliphatic heterocycles. The molecule has 0 saturated heterocycles. The number of amides is 3. The zero-order valence-electron chi connectivity index (χ0n) is 14.0. The molecule has 1 aliphatic rings. The van der Waals surface area contributed by atoms with E-state index in [2.05, 4.69) is 15.6 Å². The Bertz CT molecular complexity index is 899. The molecule has 3 amide bonds. The minimum absolute atomic E-state index is 0.0626. The summed E-state index contributed by atoms with van der Waals surface area (Å²) in [6.45, 7) is -0.613. The van der Waals surface area contributed by atoms with Gasteiger partial charge in [0.15, 0.2) is 6.61 Å². The molecule has 0 radical (unpaired) electrons. The Morgan fingerprint density at radius 1 is 1.15 bits per heavy atom. The average molecular weight is 357 g/mol. The van der Waals surface area contributed by atoms with Gasteiger partial charge in [0, 0.05) is 23.0 Å². The van der Waals surface area contributed by atoms with Crippen LogP contribution in [0.4, 0.5) is 4.79 Å². The maximum absolute atomic E-state index is 12.2. The fourth-order valence-electron chi connectivity index (χ4n) is 3.04. The highest BCUT2D eigenvalue weighted by atomic mass is 16.5. The second kappa shape index (κ2) is 7.81. The van der Waals surface area contributed by atoms with Gasteiger partial charge in [0.1, 0.15) is 0 Å². The second-order valence-corrected chi connectivity index (χ2v) is 6.17. The summed E-state index contributed by atoms with van der Waals surface area (Å²) in [6.07, 6.45) is 3.90. The first-order valence-corrected chi connectivity index (χ1v) is 8.42. The fourth-order valence-corrected chi connectivity index (χ4v) is 3.04. The van der Waals surface area contributed by atoms with E-state index in [1.165, 1.54) is 0 Å². The number of nitrogens with one attached hydrogen (secondary N) is 3. The van der Waals surface area contributed by atoms with Gasteiger partial charge in [-0.25, -0.2) is 9.59 Å². The van der Waals surface area contributed by atoms with E-state index < -0.39 is 30.1 Å². The van der Waals surface area contributed by atoms with Crippen molar-refractivity contribution in [3.63, 3.8) is 0 Å². The molecule has 3 rings (SSSR count). The number of aromatic nitrogens is 1. The van der Waals surface area contributed by atoms with Gasteiger partial charge in [0.05, 0.1) is 5.56 Å². The lowest BCUT2D eigenvalue weighted by atomic mass is 10.1. The molecule has 3 N–H and O–H groups in total. The second-order valence-electron chi connectivity index (χ2n) is 6.17. The van der Waals surface area contributed by atoms with Crippen LogP contribution < -0.4 is 16.2 Å². The smallest absolute Gasteiger partial charge is 0.339 e. The lowest BCUT2D eigenvalue weighted by molar-refractivity contribution is -0.123. The number of carbonyl (C=O) groups is 3. The molecule has 0 atom stereocenters. The summed E-state index contributed by atoms with van der Waals surface area (Å²) in [7, 11) is 0. The van der Waals surface area contributed by atoms with E-state index >= 15 is 0 Å². The van der Waals surface area contributed by atoms with E-state index in [1.54, 1.807) is 24.3 Å². The van der Waals surface area contributed by atoms with Crippen LogP contribution in [-0.4, -0.2) is 35.5 Å². The van der Waals surface area contributed by atoms with Crippen LogP contribution in [0, 0.1) is 0 Å². The third-order valence-electron chi connectivity index (χ3n) is 4.25. The lowest BCUT2D eigenvalue weighted by Crippen LogP contribution is -2.45. The van der Waals surface area contributed by atoms with Gasteiger partial charge in [-0.15, -0.1) is 0 Å². The highest BCUT2D eigenvalue weighted by Crippen LogP contribution is 2.17. The van der Waals surface area contributed by atoms with E-state index in [0.717, 1.165) is 31.7 Å². The van der Waals surface area contributed by atoms with Crippen LogP contribution in [0.5, 0.6) is 0 Å². The van der Waals surface area contributed by atoms with Gasteiger partial charge in [-0.3, -0.25) is 14.9 Å². The monoisotopic (exact) mass is 357 g/mol. The Hall–Kier alpha value is -3.16. The van der Waals surface area contributed by atoms with Crippen LogP contribution in [0.3, 0.4) is 0 Å². The van der Waals surface area contributed by atoms with Crippen molar-refractivity contribution in [3.05, 3.63) is 46.2 Å². The SMILES string of the molecule is O=C(COC(=O)c1cc(=O)[nH]c2ccccc12)NC(=O)NC1CCCC1. The Kier molecular flexibility index (Phi) is 5.31. The quantitative estimate of drug-likeness (QED) is 0.716. The summed E-state index contributed by atoms with van der Waals surface area (Å²) in [5.74, 6) is -1.54. The van der Waals surface area contributed by atoms with E-state index in [0.29, 0.717) is 10.9 Å². The van der Waals surface area contributed by atoms with Crippen molar-refractivity contribution >= 4 is 28.8 Å². The van der Waals surface area contributed by atoms with Crippen molar-refractivity contribution in [3.8, 4) is 0 Å². The predicted molar refractivity (Wildman–Crippen MR) is 93.8 cm³/mol. The van der Waals surface area contributed by atoms with E-state index in [4.69, 9.17) is 4.74 Å². The largest absolute Gasteiger partial charge is 0.452 e. The third-order valence-corrected chi connectivity index (χ3v) is 4.25. The molecule has 1 saturated carbocycles. The van der Waals surface area contributed by atoms with Crippen LogP contribution in [0.15, 0.2) is 35.1 Å². The van der Waals surface area contributed by atoms with Crippen molar-refractivity contribution in [1.29, 1.82) is 0 Å². The first-order chi connectivity index (χ1) is 12.5. The predicted octanol–water partition coefficient (Wildman–Crippen LogP) is 1.45. The third kappa shape index (κ3) is 4.27. The number of ether oxygens (including phenoxy) is 1. The summed E-state index contributed by atoms with van der Waals surface area (Å²) in [6, 6.07) is 7.37. The van der Waals surface area contributed by atoms with Crippen molar-refractivity contribution in [2.75, 3.05) is 6.61 Å². The molecule has 1 heterocycles. The number of fused-ring (bicyclic) bond motifs is 1. The van der Waals surface area contributed by atoms with Crippen molar-refractivity contribution in [1.82, 2.24) is 15.6 Å². The first-order valence-electron chi connectivity index (χ1n) is 8.42. The van der Waals surface area contributed by atoms with Gasteiger partial charge in [0.25, 0.3) is 5.91 Å². The Morgan fingerprint density at radius 2 is 1.88 bits per heavy atom. The van der Waals surface area contributed by atoms with Crippen molar-refractivity contribution < 1.29 is 19.1 Å². The number of H-pyrrole nitrogens is 1. The van der Waals surface area contributed by atoms with Gasteiger partial charge < -0.3 is 15.0 Å². The molecule has 8 heteroatoms. The molecule has 1 aromatic carbocycles. The summed E-state index contributed by atoms with van der Waals surface area (Å²) in [4.78, 5) is 50.0. The molecular formula is C18H19N3O5. The van der Waals surface area contributed by atoms with Gasteiger partial charge in [0.2, 0.25) is 5.56 Å². The molecule has 0 unspecified atom stereocenters. The molecule has 136 valence electrons. The van der Waals surface area contributed by atoms with Gasteiger partial charge in [-0.05, 0) is 18.9 Å². The lowest BCUT2D eigenvalue weighted by Gasteiger charge is -2.12. The summed E-state index contributed by atoms with van der Waals surface area (Å²) < 4.78 is 4.94. The van der Waals surface area contributed by atoms with E-state index in [1.807, 2.05) is 0 Å². The molecule has 2 aromatic rings. The fraction of sp³-hybridized carbons (Fsp3) is 0.333. The molecule has 0 bridgehead atoms. The Morgan fingerprint density at radius 3 is 2.65 bits per heavy atom. The number of imide groups is 1. The molecule has 26 heavy (non-hydrogen) atoms. The summed E-state index contributed by atoms with van der Waals surface area (Å²) in [5, 5.41) is 5.34. The van der Waals surface area contributed by atoms with Gasteiger partial charge >= 0.3 is 12.0 Å². The number of pyridine rings is 1. The zero-order valence-corrected chi connectivity index (χ0v) is 14.0. The molecular weight excluding hydrogens is 338 g/mol. The normalized spacial score (nSPS) is 14.2. The molecule has 1 fully saturated rings. The number of carbonyl (C=O) groups excluding carboxylic acids is 3. The summed E-state index contributed by atoms with van der Waals surface area (Å²) >= 11 is 0. The highest BCUT2D eigenvalue weighted by molar-refractivity contribution is 6.04. The number of hydrogen-bond acceptors (Lipinski definition) is 5.